The maximum Gasteiger partial charge on any atom is 0.303 e. The molecular formula is C5H10O5S. The largest absolute Gasteiger partial charge is 0.481 e. The van der Waals surface area contributed by atoms with E-state index in [2.05, 4.69) is 0 Å². The zero-order valence-corrected chi connectivity index (χ0v) is 6.84. The molecule has 0 aliphatic rings. The van der Waals surface area contributed by atoms with Gasteiger partial charge in [-0.2, -0.15) is 8.42 Å². The van der Waals surface area contributed by atoms with E-state index < -0.39 is 27.8 Å². The van der Waals surface area contributed by atoms with Crippen LogP contribution in [0.25, 0.3) is 0 Å². The Morgan fingerprint density at radius 2 is 2.00 bits per heavy atom. The second kappa shape index (κ2) is 3.68. The van der Waals surface area contributed by atoms with Crippen molar-refractivity contribution in [3.05, 3.63) is 0 Å². The molecular weight excluding hydrogens is 172 g/mol. The summed E-state index contributed by atoms with van der Waals surface area (Å²) in [5.41, 5.74) is 0. The van der Waals surface area contributed by atoms with Crippen LogP contribution in [0.2, 0.25) is 0 Å². The average Bonchev–Trinajstić information content (AvgIpc) is 1.53. The Hall–Kier alpha value is -0.620. The van der Waals surface area contributed by atoms with Gasteiger partial charge in [0.2, 0.25) is 0 Å². The van der Waals surface area contributed by atoms with Crippen molar-refractivity contribution in [2.45, 2.75) is 13.3 Å². The first-order valence-corrected chi connectivity index (χ1v) is 4.59. The lowest BCUT2D eigenvalue weighted by Crippen LogP contribution is -2.15. The van der Waals surface area contributed by atoms with E-state index in [0.29, 0.717) is 0 Å². The number of carboxylic acid groups (broad SMARTS) is 1. The fraction of sp³-hybridized carbons (Fsp3) is 0.800. The van der Waals surface area contributed by atoms with Gasteiger partial charge in [0.1, 0.15) is 0 Å². The van der Waals surface area contributed by atoms with Gasteiger partial charge in [-0.25, -0.2) is 0 Å². The number of carbonyl (C=O) groups is 1. The molecule has 0 rings (SSSR count). The Bertz CT molecular complexity index is 229. The zero-order valence-electron chi connectivity index (χ0n) is 6.02. The molecule has 1 atom stereocenters. The number of rotatable bonds is 4. The minimum atomic E-state index is -4.03. The predicted molar refractivity (Wildman–Crippen MR) is 37.8 cm³/mol. The van der Waals surface area contributed by atoms with Crippen molar-refractivity contribution in [3.8, 4) is 0 Å². The first-order valence-electron chi connectivity index (χ1n) is 2.98. The van der Waals surface area contributed by atoms with Crippen LogP contribution < -0.4 is 0 Å². The third-order valence-electron chi connectivity index (χ3n) is 1.02. The van der Waals surface area contributed by atoms with Crippen molar-refractivity contribution in [3.63, 3.8) is 0 Å². The first-order chi connectivity index (χ1) is 4.81. The van der Waals surface area contributed by atoms with Gasteiger partial charge < -0.3 is 5.11 Å². The number of carboxylic acids is 1. The molecule has 0 saturated heterocycles. The molecule has 0 aliphatic carbocycles. The lowest BCUT2D eigenvalue weighted by molar-refractivity contribution is -0.137. The van der Waals surface area contributed by atoms with Gasteiger partial charge in [0.05, 0.1) is 5.75 Å². The molecule has 66 valence electrons. The van der Waals surface area contributed by atoms with Crippen molar-refractivity contribution >= 4 is 16.1 Å². The number of aliphatic carboxylic acids is 1. The van der Waals surface area contributed by atoms with Crippen LogP contribution in [0.5, 0.6) is 0 Å². The van der Waals surface area contributed by atoms with Crippen LogP contribution in [-0.2, 0) is 14.9 Å². The van der Waals surface area contributed by atoms with Gasteiger partial charge in [-0.15, -0.1) is 0 Å². The maximum atomic E-state index is 10.2. The Labute approximate surface area is 64.8 Å². The van der Waals surface area contributed by atoms with E-state index in [1.165, 1.54) is 6.92 Å². The topological polar surface area (TPSA) is 91.7 Å². The Kier molecular flexibility index (Phi) is 3.47. The standard InChI is InChI=1S/C5H10O5S/c1-4(2-5(6)7)3-11(8,9)10/h4H,2-3H2,1H3,(H,6,7)(H,8,9,10). The SMILES string of the molecule is CC(CC(=O)O)CS(=O)(=O)O. The van der Waals surface area contributed by atoms with Crippen LogP contribution in [0.3, 0.4) is 0 Å². The van der Waals surface area contributed by atoms with Crippen molar-refractivity contribution in [1.82, 2.24) is 0 Å². The van der Waals surface area contributed by atoms with E-state index in [0.717, 1.165) is 0 Å². The number of hydrogen-bond donors (Lipinski definition) is 2. The molecule has 0 aromatic heterocycles. The average molecular weight is 182 g/mol. The van der Waals surface area contributed by atoms with Gasteiger partial charge in [-0.05, 0) is 5.92 Å². The highest BCUT2D eigenvalue weighted by Gasteiger charge is 2.14. The highest BCUT2D eigenvalue weighted by Crippen LogP contribution is 2.04. The lowest BCUT2D eigenvalue weighted by Gasteiger charge is -2.03. The zero-order chi connectivity index (χ0) is 9.07. The second-order valence-corrected chi connectivity index (χ2v) is 3.95. The third-order valence-corrected chi connectivity index (χ3v) is 2.01. The van der Waals surface area contributed by atoms with Crippen molar-refractivity contribution in [2.24, 2.45) is 5.92 Å². The van der Waals surface area contributed by atoms with Gasteiger partial charge in [0, 0.05) is 6.42 Å². The van der Waals surface area contributed by atoms with Crippen LogP contribution >= 0.6 is 0 Å². The smallest absolute Gasteiger partial charge is 0.303 e. The monoisotopic (exact) mass is 182 g/mol. The third kappa shape index (κ3) is 7.27. The molecule has 0 spiro atoms. The molecule has 0 aliphatic heterocycles. The molecule has 0 amide bonds. The Balaban J connectivity index is 3.89. The Morgan fingerprint density at radius 1 is 1.55 bits per heavy atom. The van der Waals surface area contributed by atoms with Crippen LogP contribution in [-0.4, -0.2) is 29.8 Å². The molecule has 2 N–H and O–H groups in total. The van der Waals surface area contributed by atoms with Gasteiger partial charge in [-0.3, -0.25) is 9.35 Å². The first kappa shape index (κ1) is 10.4. The van der Waals surface area contributed by atoms with Gasteiger partial charge in [0.15, 0.2) is 0 Å². The van der Waals surface area contributed by atoms with Gasteiger partial charge in [-0.1, -0.05) is 6.92 Å². The molecule has 0 radical (unpaired) electrons. The Morgan fingerprint density at radius 3 is 2.27 bits per heavy atom. The van der Waals surface area contributed by atoms with E-state index in [-0.39, 0.29) is 6.42 Å². The minimum absolute atomic E-state index is 0.250. The summed E-state index contributed by atoms with van der Waals surface area (Å²) >= 11 is 0. The summed E-state index contributed by atoms with van der Waals surface area (Å²) < 4.78 is 28.7. The molecule has 0 bridgehead atoms. The molecule has 0 heterocycles. The predicted octanol–water partition coefficient (Wildman–Crippen LogP) is -0.0150. The summed E-state index contributed by atoms with van der Waals surface area (Å²) in [6.07, 6.45) is -0.250. The quantitative estimate of drug-likeness (QED) is 0.596. The van der Waals surface area contributed by atoms with E-state index in [1.54, 1.807) is 0 Å². The summed E-state index contributed by atoms with van der Waals surface area (Å²) in [5.74, 6) is -2.12. The molecule has 0 aromatic carbocycles. The fourth-order valence-corrected chi connectivity index (χ4v) is 1.55. The van der Waals surface area contributed by atoms with Crippen molar-refractivity contribution < 1.29 is 22.9 Å². The normalized spacial score (nSPS) is 14.4. The summed E-state index contributed by atoms with van der Waals surface area (Å²) in [4.78, 5) is 10.0. The fourth-order valence-electron chi connectivity index (χ4n) is 0.717. The van der Waals surface area contributed by atoms with E-state index >= 15 is 0 Å². The molecule has 0 saturated carbocycles. The summed E-state index contributed by atoms with van der Waals surface area (Å²) in [6.45, 7) is 1.45. The number of hydrogen-bond acceptors (Lipinski definition) is 3. The van der Waals surface area contributed by atoms with E-state index in [9.17, 15) is 13.2 Å². The van der Waals surface area contributed by atoms with Gasteiger partial charge >= 0.3 is 5.97 Å². The van der Waals surface area contributed by atoms with Crippen molar-refractivity contribution in [1.29, 1.82) is 0 Å². The lowest BCUT2D eigenvalue weighted by atomic mass is 10.1. The van der Waals surface area contributed by atoms with Gasteiger partial charge in [0.25, 0.3) is 10.1 Å². The highest BCUT2D eigenvalue weighted by molar-refractivity contribution is 7.85. The van der Waals surface area contributed by atoms with E-state index in [1.807, 2.05) is 0 Å². The molecule has 0 aromatic rings. The van der Waals surface area contributed by atoms with E-state index in [4.69, 9.17) is 9.66 Å². The summed E-state index contributed by atoms with van der Waals surface area (Å²) in [7, 11) is -4.03. The minimum Gasteiger partial charge on any atom is -0.481 e. The molecule has 0 fully saturated rings. The molecule has 1 unspecified atom stereocenters. The van der Waals surface area contributed by atoms with Crippen LogP contribution in [0.1, 0.15) is 13.3 Å². The van der Waals surface area contributed by atoms with Crippen molar-refractivity contribution in [2.75, 3.05) is 5.75 Å². The molecule has 6 heteroatoms. The molecule has 5 nitrogen and oxygen atoms in total. The molecule has 11 heavy (non-hydrogen) atoms. The summed E-state index contributed by atoms with van der Waals surface area (Å²) in [6, 6.07) is 0. The highest BCUT2D eigenvalue weighted by atomic mass is 32.2. The van der Waals surface area contributed by atoms with Crippen LogP contribution in [0.15, 0.2) is 0 Å². The van der Waals surface area contributed by atoms with Crippen LogP contribution in [0.4, 0.5) is 0 Å². The maximum absolute atomic E-state index is 10.2. The second-order valence-electron chi connectivity index (χ2n) is 2.45. The summed E-state index contributed by atoms with van der Waals surface area (Å²) in [5, 5.41) is 8.20. The van der Waals surface area contributed by atoms with Crippen LogP contribution in [0, 0.1) is 5.92 Å².